The SMILES string of the molecule is ClC1=NS[SH]=C1Cl. The second kappa shape index (κ2) is 2.40. The van der Waals surface area contributed by atoms with Crippen LogP contribution < -0.4 is 0 Å². The Morgan fingerprint density at radius 1 is 1.57 bits per heavy atom. The lowest BCUT2D eigenvalue weighted by Gasteiger charge is -1.76. The molecular formula is C2HCl2NS2. The summed E-state index contributed by atoms with van der Waals surface area (Å²) in [5.74, 6) is 0. The van der Waals surface area contributed by atoms with Gasteiger partial charge in [-0.05, 0) is 0 Å². The zero-order valence-electron chi connectivity index (χ0n) is 3.06. The highest BCUT2D eigenvalue weighted by Gasteiger charge is 2.04. The van der Waals surface area contributed by atoms with Gasteiger partial charge in [-0.1, -0.05) is 33.6 Å². The number of halogens is 2. The molecule has 1 aliphatic heterocycles. The summed E-state index contributed by atoms with van der Waals surface area (Å²) >= 11 is 10.9. The molecule has 0 aliphatic carbocycles. The minimum atomic E-state index is 0.438. The first kappa shape index (κ1) is 5.95. The van der Waals surface area contributed by atoms with Crippen LogP contribution in [0.25, 0.3) is 0 Å². The fraction of sp³-hybridized carbons (Fsp3) is 0. The van der Waals surface area contributed by atoms with Gasteiger partial charge in [-0.2, -0.15) is 4.40 Å². The van der Waals surface area contributed by atoms with E-state index >= 15 is 0 Å². The van der Waals surface area contributed by atoms with Crippen LogP contribution in [0.5, 0.6) is 0 Å². The number of hydrogen-bond donors (Lipinski definition) is 1. The number of hydrogen-bond acceptors (Lipinski definition) is 2. The van der Waals surface area contributed by atoms with Crippen LogP contribution in [0.4, 0.5) is 0 Å². The molecule has 0 aromatic carbocycles. The summed E-state index contributed by atoms with van der Waals surface area (Å²) in [4.78, 5) is 0. The Balaban J connectivity index is 2.78. The Labute approximate surface area is 58.6 Å². The van der Waals surface area contributed by atoms with Gasteiger partial charge in [0.2, 0.25) is 0 Å². The number of thiol groups is 1. The molecule has 0 atom stereocenters. The quantitative estimate of drug-likeness (QED) is 0.195. The van der Waals surface area contributed by atoms with Crippen LogP contribution in [0, 0.1) is 0 Å². The molecule has 0 bridgehead atoms. The molecular weight excluding hydrogens is 173 g/mol. The van der Waals surface area contributed by atoms with Crippen molar-refractivity contribution in [1.29, 1.82) is 0 Å². The first-order valence-corrected chi connectivity index (χ1v) is 4.47. The molecule has 0 N–H and O–H groups in total. The lowest BCUT2D eigenvalue weighted by molar-refractivity contribution is 2.03. The van der Waals surface area contributed by atoms with Crippen LogP contribution in [-0.4, -0.2) is 9.49 Å². The van der Waals surface area contributed by atoms with Gasteiger partial charge in [-0.15, -0.1) is 0 Å². The van der Waals surface area contributed by atoms with Gasteiger partial charge < -0.3 is 0 Å². The molecule has 0 amide bonds. The van der Waals surface area contributed by atoms with E-state index in [1.54, 1.807) is 0 Å². The molecule has 0 aromatic rings. The van der Waals surface area contributed by atoms with Crippen molar-refractivity contribution in [2.45, 2.75) is 0 Å². The minimum Gasteiger partial charge on any atom is -0.191 e. The number of rotatable bonds is 0. The van der Waals surface area contributed by atoms with Gasteiger partial charge in [-0.3, -0.25) is 0 Å². The monoisotopic (exact) mass is 173 g/mol. The van der Waals surface area contributed by atoms with Crippen molar-refractivity contribution in [1.82, 2.24) is 0 Å². The molecule has 40 valence electrons. The summed E-state index contributed by atoms with van der Waals surface area (Å²) in [6.45, 7) is 0. The summed E-state index contributed by atoms with van der Waals surface area (Å²) in [6.07, 6.45) is 0. The van der Waals surface area contributed by atoms with Gasteiger partial charge in [0.05, 0.1) is 0 Å². The zero-order chi connectivity index (χ0) is 5.28. The summed E-state index contributed by atoms with van der Waals surface area (Å²) in [5.41, 5.74) is 0. The zero-order valence-corrected chi connectivity index (χ0v) is 6.28. The summed E-state index contributed by atoms with van der Waals surface area (Å²) in [6, 6.07) is 0. The molecule has 5 heteroatoms. The van der Waals surface area contributed by atoms with Crippen molar-refractivity contribution >= 4 is 54.1 Å². The van der Waals surface area contributed by atoms with E-state index < -0.39 is 0 Å². The van der Waals surface area contributed by atoms with E-state index in [9.17, 15) is 0 Å². The molecule has 7 heavy (non-hydrogen) atoms. The maximum absolute atomic E-state index is 5.48. The van der Waals surface area contributed by atoms with Crippen molar-refractivity contribution < 1.29 is 0 Å². The fourth-order valence-electron chi connectivity index (χ4n) is 0.167. The Kier molecular flexibility index (Phi) is 2.04. The largest absolute Gasteiger partial charge is 0.191 e. The minimum absolute atomic E-state index is 0.438. The summed E-state index contributed by atoms with van der Waals surface area (Å²) in [5, 5.41) is 0.438. The van der Waals surface area contributed by atoms with E-state index in [1.165, 1.54) is 11.0 Å². The molecule has 0 radical (unpaired) electrons. The molecule has 0 spiro atoms. The lowest BCUT2D eigenvalue weighted by atomic mass is 10.9. The van der Waals surface area contributed by atoms with Crippen molar-refractivity contribution in [2.24, 2.45) is 4.40 Å². The smallest absolute Gasteiger partial charge is 0.163 e. The van der Waals surface area contributed by atoms with E-state index in [0.29, 0.717) is 9.49 Å². The van der Waals surface area contributed by atoms with Crippen molar-refractivity contribution in [3.63, 3.8) is 0 Å². The van der Waals surface area contributed by atoms with E-state index in [0.717, 1.165) is 10.4 Å². The lowest BCUT2D eigenvalue weighted by Crippen LogP contribution is -1.89. The Morgan fingerprint density at radius 3 is 2.43 bits per heavy atom. The molecule has 0 fully saturated rings. The van der Waals surface area contributed by atoms with E-state index in [2.05, 4.69) is 4.40 Å². The normalized spacial score (nSPS) is 20.3. The average Bonchev–Trinajstić information content (AvgIpc) is 1.91. The van der Waals surface area contributed by atoms with Gasteiger partial charge in [0.1, 0.15) is 4.32 Å². The van der Waals surface area contributed by atoms with Gasteiger partial charge in [0, 0.05) is 11.0 Å². The topological polar surface area (TPSA) is 12.4 Å². The van der Waals surface area contributed by atoms with Crippen LogP contribution >= 0.6 is 44.6 Å². The highest BCUT2D eigenvalue weighted by atomic mass is 35.5. The van der Waals surface area contributed by atoms with Crippen LogP contribution in [-0.2, 0) is 0 Å². The third kappa shape index (κ3) is 1.35. The molecule has 0 saturated heterocycles. The van der Waals surface area contributed by atoms with Gasteiger partial charge in [0.15, 0.2) is 5.17 Å². The average molecular weight is 174 g/mol. The van der Waals surface area contributed by atoms with E-state index in [1.807, 2.05) is 0 Å². The van der Waals surface area contributed by atoms with Crippen molar-refractivity contribution in [3.8, 4) is 0 Å². The molecule has 1 heterocycles. The maximum atomic E-state index is 5.48. The second-order valence-electron chi connectivity index (χ2n) is 0.846. The predicted molar refractivity (Wildman–Crippen MR) is 40.7 cm³/mol. The standard InChI is InChI=1S/C2HCl2NS2/c3-1-2(4)6-7-5-1/h6H. The molecule has 0 aromatic heterocycles. The molecule has 1 aliphatic rings. The first-order valence-electron chi connectivity index (χ1n) is 1.44. The van der Waals surface area contributed by atoms with Crippen LogP contribution in [0.15, 0.2) is 4.40 Å². The predicted octanol–water partition coefficient (Wildman–Crippen LogP) is 2.03. The molecule has 0 saturated carbocycles. The highest BCUT2D eigenvalue weighted by Crippen LogP contribution is 2.26. The first-order chi connectivity index (χ1) is 3.30. The maximum Gasteiger partial charge on any atom is 0.163 e. The van der Waals surface area contributed by atoms with Crippen molar-refractivity contribution in [3.05, 3.63) is 0 Å². The number of nitrogens with zero attached hydrogens (tertiary/aromatic N) is 1. The second-order valence-corrected chi connectivity index (χ2v) is 3.86. The van der Waals surface area contributed by atoms with E-state index in [4.69, 9.17) is 23.2 Å². The van der Waals surface area contributed by atoms with E-state index in [-0.39, 0.29) is 0 Å². The third-order valence-electron chi connectivity index (χ3n) is 0.412. The van der Waals surface area contributed by atoms with Crippen molar-refractivity contribution in [2.75, 3.05) is 0 Å². The molecule has 1 rings (SSSR count). The Hall–Kier alpha value is 0.820. The summed E-state index contributed by atoms with van der Waals surface area (Å²) < 4.78 is 4.37. The van der Waals surface area contributed by atoms with Crippen LogP contribution in [0.1, 0.15) is 0 Å². The molecule has 0 unspecified atom stereocenters. The van der Waals surface area contributed by atoms with Gasteiger partial charge in [0.25, 0.3) is 0 Å². The van der Waals surface area contributed by atoms with Gasteiger partial charge >= 0.3 is 0 Å². The summed E-state index contributed by atoms with van der Waals surface area (Å²) in [7, 11) is 2.30. The van der Waals surface area contributed by atoms with Crippen LogP contribution in [0.2, 0.25) is 0 Å². The third-order valence-corrected chi connectivity index (χ3v) is 3.50. The Bertz CT molecular complexity index is 125. The van der Waals surface area contributed by atoms with Gasteiger partial charge in [-0.25, -0.2) is 0 Å². The van der Waals surface area contributed by atoms with Crippen LogP contribution in [0.3, 0.4) is 0 Å². The fourth-order valence-corrected chi connectivity index (χ4v) is 2.37. The molecule has 1 nitrogen and oxygen atoms in total. The highest BCUT2D eigenvalue weighted by molar-refractivity contribution is 8.76. The Morgan fingerprint density at radius 2 is 2.29 bits per heavy atom.